The zero-order chi connectivity index (χ0) is 28.9. The number of carbonyl (C=O) groups excluding carboxylic acids is 1. The van der Waals surface area contributed by atoms with Gasteiger partial charge in [0.15, 0.2) is 0 Å². The van der Waals surface area contributed by atoms with Gasteiger partial charge in [-0.3, -0.25) is 9.78 Å². The minimum absolute atomic E-state index is 0.403. The van der Waals surface area contributed by atoms with Crippen LogP contribution in [0.5, 0.6) is 11.6 Å². The van der Waals surface area contributed by atoms with Crippen LogP contribution in [0.4, 0.5) is 0 Å². The van der Waals surface area contributed by atoms with Crippen molar-refractivity contribution >= 4 is 6.29 Å². The van der Waals surface area contributed by atoms with E-state index in [9.17, 15) is 4.79 Å². The topological polar surface area (TPSA) is 72.3 Å². The molecule has 2 bridgehead atoms. The van der Waals surface area contributed by atoms with Gasteiger partial charge in [-0.05, 0) is 73.5 Å². The fourth-order valence-corrected chi connectivity index (χ4v) is 5.14. The van der Waals surface area contributed by atoms with Crippen molar-refractivity contribution in [2.45, 2.75) is 98.3 Å². The molecule has 2 unspecified atom stereocenters. The number of carbonyl (C=O) groups is 1. The van der Waals surface area contributed by atoms with Crippen LogP contribution in [0, 0.1) is 17.3 Å². The van der Waals surface area contributed by atoms with Gasteiger partial charge in [-0.15, -0.1) is 0 Å². The molecule has 1 aromatic carbocycles. The second kappa shape index (κ2) is 20.0. The van der Waals surface area contributed by atoms with Crippen LogP contribution in [0.3, 0.4) is 0 Å². The minimum Gasteiger partial charge on any atom is -0.508 e. The van der Waals surface area contributed by atoms with E-state index in [-0.39, 0.29) is 0 Å². The Labute approximate surface area is 237 Å². The number of fused-ring (bicyclic) bond motifs is 2. The summed E-state index contributed by atoms with van der Waals surface area (Å²) in [5.41, 5.74) is 3.02. The summed E-state index contributed by atoms with van der Waals surface area (Å²) in [5.74, 6) is 2.80. The number of aryl methyl sites for hydroxylation is 1. The molecule has 5 heteroatoms. The number of hydrogen-bond donors (Lipinski definition) is 1. The molecule has 5 nitrogen and oxygen atoms in total. The van der Waals surface area contributed by atoms with E-state index in [0.29, 0.717) is 17.0 Å². The number of methoxy groups -OCH3 is 1. The van der Waals surface area contributed by atoms with Crippen molar-refractivity contribution in [3.63, 3.8) is 0 Å². The van der Waals surface area contributed by atoms with Crippen LogP contribution in [0.2, 0.25) is 0 Å². The number of nitrogens with zero attached hydrogens (tertiary/aromatic N) is 2. The number of unbranched alkanes of at least 4 members (excludes halogenated alkanes) is 6. The van der Waals surface area contributed by atoms with Crippen molar-refractivity contribution in [2.24, 2.45) is 17.3 Å². The minimum atomic E-state index is 0.403. The molecule has 2 aliphatic rings. The SMILES string of the molecule is C=C1C2CCC(C2)C1(C)C.CCCCCCCC/C=C/C=O.CCc1ccccc1O.COc1cnccn1. The second-order valence-corrected chi connectivity index (χ2v) is 10.8. The largest absolute Gasteiger partial charge is 0.508 e. The molecular weight excluding hydrogens is 484 g/mol. The highest BCUT2D eigenvalue weighted by molar-refractivity contribution is 5.64. The molecule has 2 aliphatic carbocycles. The predicted octanol–water partition coefficient (Wildman–Crippen LogP) is 8.93. The summed E-state index contributed by atoms with van der Waals surface area (Å²) in [7, 11) is 1.56. The summed E-state index contributed by atoms with van der Waals surface area (Å²) < 4.78 is 4.74. The molecule has 1 N–H and O–H groups in total. The average molecular weight is 537 g/mol. The maximum absolute atomic E-state index is 9.89. The Bertz CT molecular complexity index is 956. The highest BCUT2D eigenvalue weighted by Crippen LogP contribution is 2.58. The van der Waals surface area contributed by atoms with Gasteiger partial charge in [0, 0.05) is 12.4 Å². The van der Waals surface area contributed by atoms with Crippen molar-refractivity contribution in [1.29, 1.82) is 0 Å². The molecular formula is C34H52N2O3. The quantitative estimate of drug-likeness (QED) is 0.142. The molecule has 0 spiro atoms. The molecule has 0 aliphatic heterocycles. The third-order valence-corrected chi connectivity index (χ3v) is 7.83. The van der Waals surface area contributed by atoms with Gasteiger partial charge in [0.05, 0.1) is 13.3 Å². The molecule has 2 atom stereocenters. The van der Waals surface area contributed by atoms with E-state index in [4.69, 9.17) is 9.84 Å². The number of para-hydroxylation sites is 1. The van der Waals surface area contributed by atoms with E-state index < -0.39 is 0 Å². The first kappa shape index (κ1) is 34.1. The summed E-state index contributed by atoms with van der Waals surface area (Å²) in [6, 6.07) is 7.39. The standard InChI is InChI=1S/C11H20O.C10H16.C8H10O.C5H6N2O/c1-2-3-4-5-6-7-8-9-10-11-12;1-7-8-4-5-9(6-8)10(7,2)3;1-2-7-5-3-4-6-8(7)9;1-8-5-4-6-2-3-7-5/h9-11H,2-8H2,1H3;8-9H,1,4-6H2,2-3H3;3-6,9H,2H2,1H3;2-4H,1H3/b10-9+;;;. The van der Waals surface area contributed by atoms with Crippen molar-refractivity contribution < 1.29 is 14.6 Å². The van der Waals surface area contributed by atoms with Crippen LogP contribution in [0.25, 0.3) is 0 Å². The van der Waals surface area contributed by atoms with Crippen LogP contribution in [0.15, 0.2) is 67.2 Å². The Morgan fingerprint density at radius 2 is 1.79 bits per heavy atom. The fraction of sp³-hybridized carbons (Fsp3) is 0.559. The Morgan fingerprint density at radius 3 is 2.26 bits per heavy atom. The van der Waals surface area contributed by atoms with Crippen molar-refractivity contribution in [3.8, 4) is 11.6 Å². The number of aromatic hydroxyl groups is 1. The fourth-order valence-electron chi connectivity index (χ4n) is 5.14. The Balaban J connectivity index is 0.000000262. The smallest absolute Gasteiger partial charge is 0.231 e. The first-order chi connectivity index (χ1) is 18.8. The monoisotopic (exact) mass is 536 g/mol. The van der Waals surface area contributed by atoms with E-state index in [1.165, 1.54) is 63.4 Å². The summed E-state index contributed by atoms with van der Waals surface area (Å²) in [4.78, 5) is 17.5. The summed E-state index contributed by atoms with van der Waals surface area (Å²) in [6.45, 7) is 13.2. The number of ether oxygens (including phenoxy) is 1. The average Bonchev–Trinajstić information content (AvgIpc) is 3.54. The van der Waals surface area contributed by atoms with Gasteiger partial charge < -0.3 is 9.84 Å². The zero-order valence-electron chi connectivity index (χ0n) is 25.1. The second-order valence-electron chi connectivity index (χ2n) is 10.8. The lowest BCUT2D eigenvalue weighted by Gasteiger charge is -2.31. The predicted molar refractivity (Wildman–Crippen MR) is 163 cm³/mol. The summed E-state index contributed by atoms with van der Waals surface area (Å²) in [6.07, 6.45) is 23.3. The first-order valence-electron chi connectivity index (χ1n) is 14.7. The van der Waals surface area contributed by atoms with Gasteiger partial charge in [-0.2, -0.15) is 0 Å². The van der Waals surface area contributed by atoms with E-state index >= 15 is 0 Å². The molecule has 2 fully saturated rings. The summed E-state index contributed by atoms with van der Waals surface area (Å²) >= 11 is 0. The number of aromatic nitrogens is 2. The molecule has 0 saturated heterocycles. The van der Waals surface area contributed by atoms with Gasteiger partial charge in [0.2, 0.25) is 5.88 Å². The van der Waals surface area contributed by atoms with Crippen molar-refractivity contribution in [2.75, 3.05) is 7.11 Å². The van der Waals surface area contributed by atoms with Crippen LogP contribution in [-0.2, 0) is 11.2 Å². The highest BCUT2D eigenvalue weighted by atomic mass is 16.5. The number of benzene rings is 1. The van der Waals surface area contributed by atoms with Gasteiger partial charge in [-0.1, -0.05) is 96.2 Å². The Morgan fingerprint density at radius 1 is 1.08 bits per heavy atom. The number of hydrogen-bond acceptors (Lipinski definition) is 5. The van der Waals surface area contributed by atoms with Crippen LogP contribution in [0.1, 0.15) is 97.5 Å². The van der Waals surface area contributed by atoms with E-state index in [0.717, 1.165) is 36.5 Å². The third kappa shape index (κ3) is 13.1. The number of phenolic OH excluding ortho intramolecular Hbond substituents is 1. The Kier molecular flexibility index (Phi) is 17.5. The molecule has 39 heavy (non-hydrogen) atoms. The van der Waals surface area contributed by atoms with Gasteiger partial charge >= 0.3 is 0 Å². The van der Waals surface area contributed by atoms with Gasteiger partial charge in [-0.25, -0.2) is 4.98 Å². The number of allylic oxidation sites excluding steroid dienone is 3. The van der Waals surface area contributed by atoms with E-state index in [1.807, 2.05) is 31.2 Å². The lowest BCUT2D eigenvalue weighted by atomic mass is 9.73. The molecule has 4 rings (SSSR count). The molecule has 216 valence electrons. The van der Waals surface area contributed by atoms with Gasteiger partial charge in [0.1, 0.15) is 12.0 Å². The maximum atomic E-state index is 9.89. The number of phenols is 1. The van der Waals surface area contributed by atoms with E-state index in [2.05, 4.69) is 37.3 Å². The van der Waals surface area contributed by atoms with Crippen LogP contribution < -0.4 is 4.74 Å². The number of aldehydes is 1. The molecule has 2 aromatic rings. The molecule has 0 radical (unpaired) electrons. The van der Waals surface area contributed by atoms with Gasteiger partial charge in [0.25, 0.3) is 0 Å². The first-order valence-corrected chi connectivity index (χ1v) is 14.7. The molecule has 1 heterocycles. The highest BCUT2D eigenvalue weighted by Gasteiger charge is 2.47. The summed E-state index contributed by atoms with van der Waals surface area (Å²) in [5, 5.41) is 9.11. The molecule has 2 saturated carbocycles. The van der Waals surface area contributed by atoms with Crippen LogP contribution >= 0.6 is 0 Å². The normalized spacial score (nSPS) is 18.2. The third-order valence-electron chi connectivity index (χ3n) is 7.83. The lowest BCUT2D eigenvalue weighted by Crippen LogP contribution is -2.21. The van der Waals surface area contributed by atoms with Crippen LogP contribution in [-0.4, -0.2) is 28.5 Å². The van der Waals surface area contributed by atoms with E-state index in [1.54, 1.807) is 37.8 Å². The van der Waals surface area contributed by atoms with Crippen molar-refractivity contribution in [3.05, 3.63) is 72.7 Å². The van der Waals surface area contributed by atoms with Crippen molar-refractivity contribution in [1.82, 2.24) is 9.97 Å². The lowest BCUT2D eigenvalue weighted by molar-refractivity contribution is -0.104. The number of rotatable bonds is 10. The molecule has 1 aromatic heterocycles. The molecule has 0 amide bonds. The zero-order valence-corrected chi connectivity index (χ0v) is 25.1. The Hall–Kier alpha value is -2.95. The maximum Gasteiger partial charge on any atom is 0.231 e.